The second-order valence-electron chi connectivity index (χ2n) is 12.4. The van der Waals surface area contributed by atoms with E-state index < -0.39 is 17.0 Å². The van der Waals surface area contributed by atoms with E-state index in [-0.39, 0.29) is 28.2 Å². The van der Waals surface area contributed by atoms with E-state index in [0.29, 0.717) is 71.7 Å². The minimum absolute atomic E-state index is 0.0176. The molecule has 0 amide bonds. The van der Waals surface area contributed by atoms with E-state index in [2.05, 4.69) is 9.88 Å². The highest BCUT2D eigenvalue weighted by atomic mass is 19.1. The van der Waals surface area contributed by atoms with Gasteiger partial charge < -0.3 is 19.5 Å². The summed E-state index contributed by atoms with van der Waals surface area (Å²) in [5.74, 6) is -0.406. The van der Waals surface area contributed by atoms with Gasteiger partial charge in [-0.3, -0.25) is 4.98 Å². The normalized spacial score (nSPS) is 19.5. The molecule has 0 atom stereocenters. The second-order valence-corrected chi connectivity index (χ2v) is 12.4. The molecule has 1 aliphatic carbocycles. The van der Waals surface area contributed by atoms with Crippen molar-refractivity contribution in [2.45, 2.75) is 58.2 Å². The van der Waals surface area contributed by atoms with Crippen LogP contribution >= 0.6 is 0 Å². The zero-order valence-electron chi connectivity index (χ0n) is 23.1. The highest BCUT2D eigenvalue weighted by Gasteiger charge is 2.68. The molecule has 0 unspecified atom stereocenters. The van der Waals surface area contributed by atoms with Gasteiger partial charge in [-0.25, -0.2) is 18.7 Å². The molecule has 40 heavy (non-hydrogen) atoms. The number of aryl methyl sites for hydroxylation is 1. The Bertz CT molecular complexity index is 1690. The Kier molecular flexibility index (Phi) is 5.45. The zero-order chi connectivity index (χ0) is 28.0. The van der Waals surface area contributed by atoms with Crippen molar-refractivity contribution in [1.82, 2.24) is 15.0 Å². The zero-order valence-corrected chi connectivity index (χ0v) is 23.1. The van der Waals surface area contributed by atoms with E-state index in [1.165, 1.54) is 12.1 Å². The lowest BCUT2D eigenvalue weighted by Gasteiger charge is -2.64. The smallest absolute Gasteiger partial charge is 0.177 e. The van der Waals surface area contributed by atoms with Gasteiger partial charge >= 0.3 is 0 Å². The summed E-state index contributed by atoms with van der Waals surface area (Å²) in [6.07, 6.45) is 3.90. The summed E-state index contributed by atoms with van der Waals surface area (Å²) in [6.45, 7) is 10.4. The maximum absolute atomic E-state index is 16.6. The van der Waals surface area contributed by atoms with Crippen LogP contribution in [0, 0.1) is 17.0 Å². The topological polar surface area (TPSA) is 80.6 Å². The summed E-state index contributed by atoms with van der Waals surface area (Å²) < 4.78 is 43.5. The number of aromatic nitrogens is 3. The largest absolute Gasteiger partial charge is 0.508 e. The number of rotatable bonds is 3. The number of pyridine rings is 1. The predicted molar refractivity (Wildman–Crippen MR) is 148 cm³/mol. The van der Waals surface area contributed by atoms with Crippen molar-refractivity contribution in [1.29, 1.82) is 0 Å². The van der Waals surface area contributed by atoms with Gasteiger partial charge in [-0.1, -0.05) is 33.8 Å². The average molecular weight is 547 g/mol. The summed E-state index contributed by atoms with van der Waals surface area (Å²) in [7, 11) is 0. The number of aromatic hydroxyl groups is 1. The Morgan fingerprint density at radius 2 is 1.80 bits per heavy atom. The van der Waals surface area contributed by atoms with E-state index >= 15 is 4.39 Å². The van der Waals surface area contributed by atoms with Gasteiger partial charge in [0.25, 0.3) is 0 Å². The number of ether oxygens (including phenoxy) is 2. The molecule has 4 aromatic rings. The fourth-order valence-electron chi connectivity index (χ4n) is 6.66. The number of phenolic OH excluding ortho intramolecular Hbond substituents is 1. The van der Waals surface area contributed by atoms with Gasteiger partial charge in [0.1, 0.15) is 34.4 Å². The number of nitrogens with zero attached hydrogens (tertiary/aromatic N) is 4. The van der Waals surface area contributed by atoms with Gasteiger partial charge in [0.05, 0.1) is 24.0 Å². The molecule has 7 nitrogen and oxygen atoms in total. The Hall–Kier alpha value is -3.43. The van der Waals surface area contributed by atoms with Gasteiger partial charge in [-0.05, 0) is 47.4 Å². The molecule has 2 aromatic heterocycles. The number of anilines is 1. The lowest BCUT2D eigenvalue weighted by atomic mass is 9.58. The summed E-state index contributed by atoms with van der Waals surface area (Å²) in [5.41, 5.74) is 0.428. The average Bonchev–Trinajstić information content (AvgIpc) is 3.40. The molecule has 1 saturated carbocycles. The van der Waals surface area contributed by atoms with E-state index in [1.54, 1.807) is 18.3 Å². The van der Waals surface area contributed by atoms with Crippen LogP contribution in [0.3, 0.4) is 0 Å². The first-order valence-corrected chi connectivity index (χ1v) is 13.9. The molecule has 7 rings (SSSR count). The molecule has 208 valence electrons. The van der Waals surface area contributed by atoms with Crippen molar-refractivity contribution in [3.63, 3.8) is 0 Å². The molecular formula is C31H32F2N4O3. The Labute approximate surface area is 231 Å². The molecule has 4 heterocycles. The molecule has 2 aromatic carbocycles. The number of phenols is 1. The lowest BCUT2D eigenvalue weighted by molar-refractivity contribution is -0.305. The van der Waals surface area contributed by atoms with Crippen LogP contribution in [0.2, 0.25) is 0 Å². The van der Waals surface area contributed by atoms with Crippen molar-refractivity contribution < 1.29 is 23.4 Å². The van der Waals surface area contributed by atoms with Crippen LogP contribution in [-0.2, 0) is 21.3 Å². The molecule has 3 fully saturated rings. The fourth-order valence-corrected chi connectivity index (χ4v) is 6.66. The van der Waals surface area contributed by atoms with Crippen LogP contribution in [0.1, 0.15) is 51.9 Å². The van der Waals surface area contributed by atoms with Gasteiger partial charge in [0, 0.05) is 36.7 Å². The fraction of sp³-hybridized carbons (Fsp3) is 0.452. The van der Waals surface area contributed by atoms with Crippen molar-refractivity contribution >= 4 is 27.5 Å². The summed E-state index contributed by atoms with van der Waals surface area (Å²) in [4.78, 5) is 16.3. The molecule has 0 radical (unpaired) electrons. The first kappa shape index (κ1) is 25.5. The van der Waals surface area contributed by atoms with Crippen molar-refractivity contribution in [3.05, 3.63) is 53.5 Å². The van der Waals surface area contributed by atoms with Gasteiger partial charge in [0.2, 0.25) is 0 Å². The van der Waals surface area contributed by atoms with E-state index in [0.717, 1.165) is 12.8 Å². The van der Waals surface area contributed by atoms with E-state index in [9.17, 15) is 9.50 Å². The summed E-state index contributed by atoms with van der Waals surface area (Å²) in [5, 5.41) is 12.1. The quantitative estimate of drug-likeness (QED) is 0.336. The number of hydrogen-bond donors (Lipinski definition) is 1. The van der Waals surface area contributed by atoms with Crippen LogP contribution in [-0.4, -0.2) is 52.1 Å². The Balaban J connectivity index is 1.40. The summed E-state index contributed by atoms with van der Waals surface area (Å²) in [6, 6.07) is 5.97. The number of halogens is 2. The minimum Gasteiger partial charge on any atom is -0.508 e. The standard InChI is InChI=1S/C31H32F2N4O3/c1-5-19-22(32)7-6-17-12-18(38)13-20(23(17)19)25-24(33)26-21(14-34-25)27(36-28(35-26)29(2,3)4)37-15-30(16-37)8-9-31(30)39-10-11-40-31/h6-7,12-14,38H,5,8-11,15-16H2,1-4H3. The van der Waals surface area contributed by atoms with Crippen LogP contribution in [0.5, 0.6) is 5.75 Å². The molecule has 0 bridgehead atoms. The Morgan fingerprint density at radius 1 is 1.05 bits per heavy atom. The van der Waals surface area contributed by atoms with Crippen LogP contribution in [0.4, 0.5) is 14.6 Å². The highest BCUT2D eigenvalue weighted by Crippen LogP contribution is 2.60. The van der Waals surface area contributed by atoms with Crippen molar-refractivity contribution in [3.8, 4) is 17.0 Å². The lowest BCUT2D eigenvalue weighted by Crippen LogP contribution is -2.74. The van der Waals surface area contributed by atoms with Gasteiger partial charge in [-0.2, -0.15) is 0 Å². The minimum atomic E-state index is -0.623. The first-order chi connectivity index (χ1) is 19.1. The number of hydrogen-bond acceptors (Lipinski definition) is 7. The molecule has 1 N–H and O–H groups in total. The summed E-state index contributed by atoms with van der Waals surface area (Å²) >= 11 is 0. The van der Waals surface area contributed by atoms with Crippen LogP contribution in [0.15, 0.2) is 30.5 Å². The van der Waals surface area contributed by atoms with Crippen molar-refractivity contribution in [2.24, 2.45) is 5.41 Å². The third-order valence-electron chi connectivity index (χ3n) is 8.88. The third-order valence-corrected chi connectivity index (χ3v) is 8.88. The molecular weight excluding hydrogens is 514 g/mol. The number of benzene rings is 2. The SMILES string of the molecule is CCc1c(F)ccc2cc(O)cc(-c3ncc4c(N5CC6(CCC67OCCO7)C5)nc(C(C)(C)C)nc4c3F)c12. The van der Waals surface area contributed by atoms with Gasteiger partial charge in [0.15, 0.2) is 11.6 Å². The maximum atomic E-state index is 16.6. The Morgan fingerprint density at radius 3 is 2.45 bits per heavy atom. The van der Waals surface area contributed by atoms with Gasteiger partial charge in [-0.15, -0.1) is 0 Å². The van der Waals surface area contributed by atoms with E-state index in [4.69, 9.17) is 19.4 Å². The second kappa shape index (κ2) is 8.54. The predicted octanol–water partition coefficient (Wildman–Crippen LogP) is 6.03. The molecule has 2 spiro atoms. The first-order valence-electron chi connectivity index (χ1n) is 13.9. The molecule has 3 aliphatic rings. The molecule has 9 heteroatoms. The van der Waals surface area contributed by atoms with Crippen LogP contribution in [0.25, 0.3) is 32.9 Å². The van der Waals surface area contributed by atoms with Crippen LogP contribution < -0.4 is 4.90 Å². The molecule has 2 aliphatic heterocycles. The van der Waals surface area contributed by atoms with E-state index in [1.807, 2.05) is 27.7 Å². The third kappa shape index (κ3) is 3.50. The monoisotopic (exact) mass is 546 g/mol. The highest BCUT2D eigenvalue weighted by molar-refractivity contribution is 6.01. The van der Waals surface area contributed by atoms with Crippen molar-refractivity contribution in [2.75, 3.05) is 31.2 Å². The molecule has 2 saturated heterocycles. The maximum Gasteiger partial charge on any atom is 0.177 e. The number of fused-ring (bicyclic) bond motifs is 3.